The summed E-state index contributed by atoms with van der Waals surface area (Å²) in [4.78, 5) is 34.0. The van der Waals surface area contributed by atoms with Crippen molar-refractivity contribution in [3.63, 3.8) is 0 Å². The van der Waals surface area contributed by atoms with E-state index in [1.54, 1.807) is 30.3 Å². The van der Waals surface area contributed by atoms with Crippen molar-refractivity contribution in [1.29, 1.82) is 0 Å². The number of hydrogen-bond donors (Lipinski definition) is 1. The molecule has 6 heteroatoms. The van der Waals surface area contributed by atoms with Crippen molar-refractivity contribution in [2.45, 2.75) is 13.3 Å². The van der Waals surface area contributed by atoms with Crippen molar-refractivity contribution >= 4 is 23.9 Å². The van der Waals surface area contributed by atoms with E-state index in [9.17, 15) is 14.4 Å². The van der Waals surface area contributed by atoms with Crippen LogP contribution in [0.3, 0.4) is 0 Å². The lowest BCUT2D eigenvalue weighted by Crippen LogP contribution is -2.23. The molecule has 0 heterocycles. The number of ether oxygens (including phenoxy) is 2. The molecule has 0 aromatic heterocycles. The Balaban J connectivity index is 1.73. The molecule has 2 aromatic rings. The summed E-state index contributed by atoms with van der Waals surface area (Å²) in [6.07, 6.45) is 1.58. The summed E-state index contributed by atoms with van der Waals surface area (Å²) in [7, 11) is 0. The van der Waals surface area contributed by atoms with Crippen molar-refractivity contribution in [2.75, 3.05) is 18.5 Å². The average molecular weight is 341 g/mol. The van der Waals surface area contributed by atoms with Gasteiger partial charge in [-0.25, -0.2) is 4.79 Å². The lowest BCUT2D eigenvalue weighted by Gasteiger charge is -2.08. The van der Waals surface area contributed by atoms with Crippen LogP contribution in [0.2, 0.25) is 0 Å². The lowest BCUT2D eigenvalue weighted by atomic mass is 10.1. The second-order valence-corrected chi connectivity index (χ2v) is 5.24. The number of aryl methyl sites for hydroxylation is 1. The van der Waals surface area contributed by atoms with Crippen LogP contribution < -0.4 is 10.1 Å². The highest BCUT2D eigenvalue weighted by Gasteiger charge is 2.09. The maximum Gasteiger partial charge on any atom is 0.344 e. The van der Waals surface area contributed by atoms with Crippen LogP contribution in [0, 0.1) is 0 Å². The summed E-state index contributed by atoms with van der Waals surface area (Å²) in [6.45, 7) is 1.32. The average Bonchev–Trinajstić information content (AvgIpc) is 2.65. The van der Waals surface area contributed by atoms with Gasteiger partial charge < -0.3 is 14.8 Å². The Morgan fingerprint density at radius 2 is 1.84 bits per heavy atom. The fourth-order valence-electron chi connectivity index (χ4n) is 2.04. The van der Waals surface area contributed by atoms with Gasteiger partial charge in [-0.05, 0) is 48.4 Å². The molecule has 1 N–H and O–H groups in total. The van der Waals surface area contributed by atoms with Gasteiger partial charge in [0.25, 0.3) is 5.91 Å². The number of benzene rings is 2. The van der Waals surface area contributed by atoms with Crippen LogP contribution in [0.15, 0.2) is 48.5 Å². The number of nitrogens with one attached hydrogen (secondary N) is 1. The quantitative estimate of drug-likeness (QED) is 0.589. The number of aldehydes is 1. The van der Waals surface area contributed by atoms with Crippen molar-refractivity contribution in [2.24, 2.45) is 0 Å². The molecule has 130 valence electrons. The molecule has 0 aliphatic carbocycles. The monoisotopic (exact) mass is 341 g/mol. The van der Waals surface area contributed by atoms with Crippen LogP contribution >= 0.6 is 0 Å². The molecule has 0 bridgehead atoms. The van der Waals surface area contributed by atoms with Gasteiger partial charge in [0.15, 0.2) is 13.2 Å². The summed E-state index contributed by atoms with van der Waals surface area (Å²) >= 11 is 0. The number of amides is 1. The number of hydrogen-bond acceptors (Lipinski definition) is 5. The minimum atomic E-state index is -0.656. The standard InChI is InChI=1S/C19H19NO5/c1-2-14-4-3-5-16(10-14)20-18(22)12-25-19(23)13-24-17-8-6-15(11-21)7-9-17/h3-11H,2,12-13H2,1H3,(H,20,22). The summed E-state index contributed by atoms with van der Waals surface area (Å²) < 4.78 is 10.1. The summed E-state index contributed by atoms with van der Waals surface area (Å²) in [5, 5.41) is 2.67. The third-order valence-electron chi connectivity index (χ3n) is 3.36. The Kier molecular flexibility index (Phi) is 6.71. The second kappa shape index (κ2) is 9.22. The molecule has 0 fully saturated rings. The zero-order valence-corrected chi connectivity index (χ0v) is 13.9. The third kappa shape index (κ3) is 6.10. The molecule has 0 saturated heterocycles. The van der Waals surface area contributed by atoms with Gasteiger partial charge in [0.2, 0.25) is 0 Å². The van der Waals surface area contributed by atoms with Gasteiger partial charge in [0.1, 0.15) is 12.0 Å². The number of esters is 1. The minimum absolute atomic E-state index is 0.320. The van der Waals surface area contributed by atoms with Gasteiger partial charge in [0.05, 0.1) is 0 Å². The summed E-state index contributed by atoms with van der Waals surface area (Å²) in [5.74, 6) is -0.641. The second-order valence-electron chi connectivity index (χ2n) is 5.24. The van der Waals surface area contributed by atoms with E-state index in [0.717, 1.165) is 12.0 Å². The first-order valence-electron chi connectivity index (χ1n) is 7.83. The molecule has 25 heavy (non-hydrogen) atoms. The van der Waals surface area contributed by atoms with E-state index in [0.29, 0.717) is 23.3 Å². The number of rotatable bonds is 8. The van der Waals surface area contributed by atoms with E-state index in [2.05, 4.69) is 5.32 Å². The van der Waals surface area contributed by atoms with E-state index in [1.165, 1.54) is 0 Å². The normalized spacial score (nSPS) is 9.96. The van der Waals surface area contributed by atoms with Gasteiger partial charge in [-0.1, -0.05) is 19.1 Å². The van der Waals surface area contributed by atoms with Gasteiger partial charge in [-0.15, -0.1) is 0 Å². The first-order chi connectivity index (χ1) is 12.1. The predicted octanol–water partition coefficient (Wildman–Crippen LogP) is 2.62. The highest BCUT2D eigenvalue weighted by molar-refractivity contribution is 5.92. The van der Waals surface area contributed by atoms with Gasteiger partial charge >= 0.3 is 5.97 Å². The minimum Gasteiger partial charge on any atom is -0.482 e. The summed E-state index contributed by atoms with van der Waals surface area (Å²) in [6, 6.07) is 13.8. The van der Waals surface area contributed by atoms with Crippen LogP contribution in [-0.2, 0) is 20.7 Å². The van der Waals surface area contributed by atoms with Crippen LogP contribution in [0.25, 0.3) is 0 Å². The maximum atomic E-state index is 11.8. The highest BCUT2D eigenvalue weighted by Crippen LogP contribution is 2.12. The van der Waals surface area contributed by atoms with Crippen molar-refractivity contribution < 1.29 is 23.9 Å². The first kappa shape index (κ1) is 18.2. The molecule has 0 aliphatic rings. The van der Waals surface area contributed by atoms with E-state index in [4.69, 9.17) is 9.47 Å². The smallest absolute Gasteiger partial charge is 0.344 e. The van der Waals surface area contributed by atoms with Crippen LogP contribution in [-0.4, -0.2) is 31.4 Å². The van der Waals surface area contributed by atoms with Gasteiger partial charge in [-0.2, -0.15) is 0 Å². The maximum absolute atomic E-state index is 11.8. The van der Waals surface area contributed by atoms with Gasteiger partial charge in [-0.3, -0.25) is 9.59 Å². The molecule has 2 aromatic carbocycles. The number of anilines is 1. The Hall–Kier alpha value is -3.15. The molecule has 0 aliphatic heterocycles. The zero-order chi connectivity index (χ0) is 18.1. The predicted molar refractivity (Wildman–Crippen MR) is 92.7 cm³/mol. The fourth-order valence-corrected chi connectivity index (χ4v) is 2.04. The zero-order valence-electron chi connectivity index (χ0n) is 13.9. The Morgan fingerprint density at radius 1 is 1.08 bits per heavy atom. The molecule has 2 rings (SSSR count). The topological polar surface area (TPSA) is 81.7 Å². The Labute approximate surface area is 145 Å². The SMILES string of the molecule is CCc1cccc(NC(=O)COC(=O)COc2ccc(C=O)cc2)c1. The molecule has 0 unspecified atom stereocenters. The van der Waals surface area contributed by atoms with E-state index >= 15 is 0 Å². The molecule has 0 saturated carbocycles. The van der Waals surface area contributed by atoms with Crippen LogP contribution in [0.5, 0.6) is 5.75 Å². The first-order valence-corrected chi connectivity index (χ1v) is 7.83. The molecule has 0 spiro atoms. The number of carbonyl (C=O) groups excluding carboxylic acids is 3. The van der Waals surface area contributed by atoms with Crippen LogP contribution in [0.4, 0.5) is 5.69 Å². The van der Waals surface area contributed by atoms with E-state index < -0.39 is 11.9 Å². The molecule has 6 nitrogen and oxygen atoms in total. The molecule has 1 amide bonds. The van der Waals surface area contributed by atoms with Crippen LogP contribution in [0.1, 0.15) is 22.8 Å². The highest BCUT2D eigenvalue weighted by atomic mass is 16.6. The van der Waals surface area contributed by atoms with Crippen molar-refractivity contribution in [1.82, 2.24) is 0 Å². The lowest BCUT2D eigenvalue weighted by molar-refractivity contribution is -0.149. The Morgan fingerprint density at radius 3 is 2.52 bits per heavy atom. The van der Waals surface area contributed by atoms with E-state index in [1.807, 2.05) is 25.1 Å². The van der Waals surface area contributed by atoms with Crippen molar-refractivity contribution in [3.8, 4) is 5.75 Å². The largest absolute Gasteiger partial charge is 0.482 e. The molecular weight excluding hydrogens is 322 g/mol. The van der Waals surface area contributed by atoms with E-state index in [-0.39, 0.29) is 13.2 Å². The Bertz CT molecular complexity index is 740. The van der Waals surface area contributed by atoms with Crippen molar-refractivity contribution in [3.05, 3.63) is 59.7 Å². The fraction of sp³-hybridized carbons (Fsp3) is 0.211. The molecular formula is C19H19NO5. The summed E-state index contributed by atoms with van der Waals surface area (Å²) in [5.41, 5.74) is 2.27. The molecule has 0 atom stereocenters. The third-order valence-corrected chi connectivity index (χ3v) is 3.36. The van der Waals surface area contributed by atoms with Gasteiger partial charge in [0, 0.05) is 11.3 Å². The number of carbonyl (C=O) groups is 3. The molecule has 0 radical (unpaired) electrons.